The maximum atomic E-state index is 5.57. The van der Waals surface area contributed by atoms with Crippen LogP contribution in [0.2, 0.25) is 0 Å². The van der Waals surface area contributed by atoms with Crippen LogP contribution in [0.15, 0.2) is 12.7 Å². The van der Waals surface area contributed by atoms with Gasteiger partial charge in [0.25, 0.3) is 0 Å². The molecule has 2 unspecified atom stereocenters. The van der Waals surface area contributed by atoms with Crippen molar-refractivity contribution in [1.29, 1.82) is 0 Å². The van der Waals surface area contributed by atoms with Crippen molar-refractivity contribution < 1.29 is 4.74 Å². The minimum atomic E-state index is 0.0972. The highest BCUT2D eigenvalue weighted by Gasteiger charge is 2.31. The van der Waals surface area contributed by atoms with E-state index in [1.165, 1.54) is 0 Å². The fraction of sp³-hybridized carbons (Fsp3) is 0.833. The molecule has 0 aromatic carbocycles. The maximum Gasteiger partial charge on any atom is 0.0785 e. The molecule has 0 bridgehead atoms. The number of nitrogens with one attached hydrogen (secondary N) is 1. The first-order valence-corrected chi connectivity index (χ1v) is 5.57. The molecule has 0 heterocycles. The molecule has 0 saturated carbocycles. The number of methoxy groups -OCH3 is 1. The summed E-state index contributed by atoms with van der Waals surface area (Å²) in [5, 5.41) is 0. The second-order valence-electron chi connectivity index (χ2n) is 5.02. The molecular formula is C12H26N2O. The van der Waals surface area contributed by atoms with Gasteiger partial charge in [0.05, 0.1) is 6.10 Å². The fourth-order valence-electron chi connectivity index (χ4n) is 1.93. The van der Waals surface area contributed by atoms with Gasteiger partial charge in [-0.1, -0.05) is 26.8 Å². The summed E-state index contributed by atoms with van der Waals surface area (Å²) in [5.41, 5.74) is 2.96. The number of nitrogens with two attached hydrogens (primary N) is 1. The van der Waals surface area contributed by atoms with E-state index in [-0.39, 0.29) is 17.6 Å². The van der Waals surface area contributed by atoms with Crippen LogP contribution in [0.3, 0.4) is 0 Å². The van der Waals surface area contributed by atoms with Crippen LogP contribution < -0.4 is 11.3 Å². The van der Waals surface area contributed by atoms with Gasteiger partial charge >= 0.3 is 0 Å². The van der Waals surface area contributed by atoms with E-state index in [0.29, 0.717) is 0 Å². The van der Waals surface area contributed by atoms with Gasteiger partial charge < -0.3 is 4.74 Å². The van der Waals surface area contributed by atoms with Gasteiger partial charge in [0.1, 0.15) is 0 Å². The van der Waals surface area contributed by atoms with E-state index >= 15 is 0 Å². The van der Waals surface area contributed by atoms with E-state index in [0.717, 1.165) is 19.3 Å². The highest BCUT2D eigenvalue weighted by Crippen LogP contribution is 2.26. The zero-order valence-electron chi connectivity index (χ0n) is 10.5. The van der Waals surface area contributed by atoms with Crippen LogP contribution in [-0.2, 0) is 4.74 Å². The summed E-state index contributed by atoms with van der Waals surface area (Å²) in [6, 6.07) is 0.204. The van der Waals surface area contributed by atoms with Crippen LogP contribution in [0, 0.1) is 5.41 Å². The second-order valence-corrected chi connectivity index (χ2v) is 5.02. The summed E-state index contributed by atoms with van der Waals surface area (Å²) in [6.45, 7) is 10.2. The Bertz CT molecular complexity index is 175. The van der Waals surface area contributed by atoms with Gasteiger partial charge in [0.2, 0.25) is 0 Å². The first kappa shape index (κ1) is 14.6. The smallest absolute Gasteiger partial charge is 0.0785 e. The van der Waals surface area contributed by atoms with Crippen molar-refractivity contribution in [2.45, 2.75) is 52.2 Å². The van der Waals surface area contributed by atoms with Gasteiger partial charge in [-0.05, 0) is 24.7 Å². The third-order valence-corrected chi connectivity index (χ3v) is 2.61. The minimum Gasteiger partial charge on any atom is -0.379 e. The van der Waals surface area contributed by atoms with E-state index in [1.807, 2.05) is 6.08 Å². The lowest BCUT2D eigenvalue weighted by Crippen LogP contribution is -2.50. The molecule has 0 aromatic heterocycles. The molecule has 0 radical (unpaired) electrons. The predicted molar refractivity (Wildman–Crippen MR) is 65.4 cm³/mol. The number of unbranched alkanes of at least 4 members (excludes halogenated alkanes) is 1. The van der Waals surface area contributed by atoms with Crippen molar-refractivity contribution in [3.8, 4) is 0 Å². The number of hydrogen-bond acceptors (Lipinski definition) is 3. The lowest BCUT2D eigenvalue weighted by molar-refractivity contribution is -0.0135. The van der Waals surface area contributed by atoms with Gasteiger partial charge in [0.15, 0.2) is 0 Å². The Balaban J connectivity index is 4.27. The van der Waals surface area contributed by atoms with Crippen molar-refractivity contribution in [3.05, 3.63) is 12.7 Å². The molecule has 3 nitrogen and oxygen atoms in total. The molecule has 0 aromatic rings. The molecule has 2 atom stereocenters. The predicted octanol–water partition coefficient (Wildman–Crippen LogP) is 2.24. The second kappa shape index (κ2) is 6.99. The van der Waals surface area contributed by atoms with E-state index in [4.69, 9.17) is 10.6 Å². The molecule has 90 valence electrons. The van der Waals surface area contributed by atoms with Crippen LogP contribution in [0.25, 0.3) is 0 Å². The molecule has 0 fully saturated rings. The summed E-state index contributed by atoms with van der Waals surface area (Å²) in [4.78, 5) is 0. The van der Waals surface area contributed by atoms with Crippen molar-refractivity contribution in [2.24, 2.45) is 11.3 Å². The van der Waals surface area contributed by atoms with Crippen LogP contribution in [-0.4, -0.2) is 19.3 Å². The van der Waals surface area contributed by atoms with Crippen molar-refractivity contribution in [1.82, 2.24) is 5.43 Å². The minimum absolute atomic E-state index is 0.0972. The molecule has 3 N–H and O–H groups in total. The van der Waals surface area contributed by atoms with Crippen molar-refractivity contribution in [2.75, 3.05) is 7.11 Å². The van der Waals surface area contributed by atoms with E-state index in [2.05, 4.69) is 32.8 Å². The number of rotatable bonds is 7. The van der Waals surface area contributed by atoms with Crippen molar-refractivity contribution >= 4 is 0 Å². The van der Waals surface area contributed by atoms with Crippen LogP contribution in [0.1, 0.15) is 40.0 Å². The first-order chi connectivity index (χ1) is 6.97. The number of allylic oxidation sites excluding steroid dienone is 1. The Morgan fingerprint density at radius 2 is 2.07 bits per heavy atom. The Hall–Kier alpha value is -0.380. The first-order valence-electron chi connectivity index (χ1n) is 5.57. The molecule has 0 rings (SSSR count). The Kier molecular flexibility index (Phi) is 6.81. The highest BCUT2D eigenvalue weighted by atomic mass is 16.5. The fourth-order valence-corrected chi connectivity index (χ4v) is 1.93. The topological polar surface area (TPSA) is 47.3 Å². The summed E-state index contributed by atoms with van der Waals surface area (Å²) >= 11 is 0. The van der Waals surface area contributed by atoms with Gasteiger partial charge in [-0.25, -0.2) is 0 Å². The Morgan fingerprint density at radius 1 is 1.47 bits per heavy atom. The monoisotopic (exact) mass is 214 g/mol. The average Bonchev–Trinajstić information content (AvgIpc) is 2.14. The number of hydrogen-bond donors (Lipinski definition) is 2. The molecular weight excluding hydrogens is 188 g/mol. The summed E-state index contributed by atoms with van der Waals surface area (Å²) in [6.07, 6.45) is 5.20. The molecule has 0 aliphatic carbocycles. The normalized spacial score (nSPS) is 16.1. The Morgan fingerprint density at radius 3 is 2.40 bits per heavy atom. The quantitative estimate of drug-likeness (QED) is 0.296. The molecule has 15 heavy (non-hydrogen) atoms. The molecule has 0 spiro atoms. The van der Waals surface area contributed by atoms with E-state index in [1.54, 1.807) is 7.11 Å². The van der Waals surface area contributed by atoms with Crippen LogP contribution in [0.5, 0.6) is 0 Å². The van der Waals surface area contributed by atoms with Gasteiger partial charge in [-0.2, -0.15) is 0 Å². The Labute approximate surface area is 94.0 Å². The highest BCUT2D eigenvalue weighted by molar-refractivity contribution is 4.85. The summed E-state index contributed by atoms with van der Waals surface area (Å²) in [7, 11) is 1.74. The lowest BCUT2D eigenvalue weighted by Gasteiger charge is -2.35. The summed E-state index contributed by atoms with van der Waals surface area (Å²) < 4.78 is 5.53. The van der Waals surface area contributed by atoms with E-state index in [9.17, 15) is 0 Å². The zero-order chi connectivity index (χ0) is 11.9. The summed E-state index contributed by atoms with van der Waals surface area (Å²) in [5.74, 6) is 5.57. The average molecular weight is 214 g/mol. The van der Waals surface area contributed by atoms with Crippen molar-refractivity contribution in [3.63, 3.8) is 0 Å². The molecule has 0 aliphatic heterocycles. The van der Waals surface area contributed by atoms with Crippen LogP contribution >= 0.6 is 0 Å². The molecule has 0 aliphatic rings. The largest absolute Gasteiger partial charge is 0.379 e. The number of hydrazine groups is 1. The lowest BCUT2D eigenvalue weighted by atomic mass is 9.83. The van der Waals surface area contributed by atoms with E-state index < -0.39 is 0 Å². The zero-order valence-corrected chi connectivity index (χ0v) is 10.5. The maximum absolute atomic E-state index is 5.57. The number of ether oxygens (including phenoxy) is 1. The van der Waals surface area contributed by atoms with Gasteiger partial charge in [-0.15, -0.1) is 6.58 Å². The third-order valence-electron chi connectivity index (χ3n) is 2.61. The molecule has 3 heteroatoms. The van der Waals surface area contributed by atoms with Crippen LogP contribution in [0.4, 0.5) is 0 Å². The van der Waals surface area contributed by atoms with Gasteiger partial charge in [0, 0.05) is 13.2 Å². The molecule has 0 saturated heterocycles. The van der Waals surface area contributed by atoms with Gasteiger partial charge in [-0.3, -0.25) is 11.3 Å². The third kappa shape index (κ3) is 5.30. The molecule has 0 amide bonds. The standard InChI is InChI=1S/C12H26N2O/c1-6-7-8-9-10(14-13)11(15-5)12(2,3)4/h6,10-11,14H,1,7-9,13H2,2-5H3. The SMILES string of the molecule is C=CCCCC(NN)C(OC)C(C)(C)C.